The fraction of sp³-hybridized carbons (Fsp3) is 0.350. The van der Waals surface area contributed by atoms with Gasteiger partial charge in [0.1, 0.15) is 5.58 Å². The van der Waals surface area contributed by atoms with E-state index in [4.69, 9.17) is 14.3 Å². The third-order valence-corrected chi connectivity index (χ3v) is 5.16. The van der Waals surface area contributed by atoms with Crippen molar-refractivity contribution in [2.24, 2.45) is 0 Å². The van der Waals surface area contributed by atoms with Crippen LogP contribution in [0.4, 0.5) is 0 Å². The van der Waals surface area contributed by atoms with Gasteiger partial charge in [0.15, 0.2) is 5.76 Å². The molecule has 4 rings (SSSR count). The highest BCUT2D eigenvalue weighted by atomic mass is 16.5. The summed E-state index contributed by atoms with van der Waals surface area (Å²) in [6.07, 6.45) is 4.30. The summed E-state index contributed by atoms with van der Waals surface area (Å²) in [6, 6.07) is 7.62. The second-order valence-corrected chi connectivity index (χ2v) is 6.88. The first-order valence-electron chi connectivity index (χ1n) is 9.14. The van der Waals surface area contributed by atoms with E-state index in [-0.39, 0.29) is 17.5 Å². The van der Waals surface area contributed by atoms with Crippen LogP contribution in [0.2, 0.25) is 0 Å². The summed E-state index contributed by atoms with van der Waals surface area (Å²) in [4.78, 5) is 25.9. The molecule has 0 atom stereocenters. The first kappa shape index (κ1) is 18.2. The molecule has 0 unspecified atom stereocenters. The summed E-state index contributed by atoms with van der Waals surface area (Å²) in [5, 5.41) is 14.1. The molecule has 1 aliphatic heterocycles. The van der Waals surface area contributed by atoms with Crippen LogP contribution in [0.25, 0.3) is 11.0 Å². The summed E-state index contributed by atoms with van der Waals surface area (Å²) in [5.41, 5.74) is 1.61. The number of rotatable bonds is 5. The highest BCUT2D eigenvalue weighted by Gasteiger charge is 2.29. The maximum atomic E-state index is 13.1. The van der Waals surface area contributed by atoms with Gasteiger partial charge in [0.25, 0.3) is 5.91 Å². The van der Waals surface area contributed by atoms with Crippen LogP contribution in [-0.4, -0.2) is 51.9 Å². The van der Waals surface area contributed by atoms with E-state index < -0.39 is 5.97 Å². The zero-order valence-electron chi connectivity index (χ0n) is 15.5. The minimum atomic E-state index is -0.991. The van der Waals surface area contributed by atoms with Crippen LogP contribution in [-0.2, 0) is 11.3 Å². The number of carboxylic acid groups (broad SMARTS) is 1. The lowest BCUT2D eigenvalue weighted by Gasteiger charge is -2.31. The molecule has 0 radical (unpaired) electrons. The van der Waals surface area contributed by atoms with E-state index in [0.29, 0.717) is 43.9 Å². The van der Waals surface area contributed by atoms with Crippen LogP contribution < -0.4 is 0 Å². The Bertz CT molecular complexity index is 1010. The third kappa shape index (κ3) is 3.27. The van der Waals surface area contributed by atoms with Gasteiger partial charge in [-0.2, -0.15) is 5.10 Å². The highest BCUT2D eigenvalue weighted by Crippen LogP contribution is 2.29. The molecule has 146 valence electrons. The molecule has 0 saturated carbocycles. The zero-order chi connectivity index (χ0) is 19.7. The number of para-hydroxylation sites is 1. The highest BCUT2D eigenvalue weighted by molar-refractivity contribution is 5.99. The lowest BCUT2D eigenvalue weighted by atomic mass is 10.0. The van der Waals surface area contributed by atoms with E-state index in [1.165, 1.54) is 6.20 Å². The minimum absolute atomic E-state index is 0.0752. The van der Waals surface area contributed by atoms with Crippen LogP contribution in [0.1, 0.15) is 45.4 Å². The molecule has 3 aromatic rings. The number of aromatic nitrogens is 2. The Morgan fingerprint density at radius 2 is 2.04 bits per heavy atom. The van der Waals surface area contributed by atoms with Gasteiger partial charge in [-0.3, -0.25) is 9.48 Å². The molecule has 1 aromatic carbocycles. The van der Waals surface area contributed by atoms with Crippen LogP contribution in [0.3, 0.4) is 0 Å². The number of benzene rings is 1. The van der Waals surface area contributed by atoms with Crippen molar-refractivity contribution in [1.82, 2.24) is 14.7 Å². The molecule has 0 bridgehead atoms. The number of amides is 1. The number of furan rings is 1. The zero-order valence-corrected chi connectivity index (χ0v) is 15.5. The molecule has 8 nitrogen and oxygen atoms in total. The maximum Gasteiger partial charge on any atom is 0.338 e. The average Bonchev–Trinajstić information content (AvgIpc) is 3.34. The van der Waals surface area contributed by atoms with E-state index in [2.05, 4.69) is 5.10 Å². The van der Waals surface area contributed by atoms with E-state index in [1.54, 1.807) is 22.9 Å². The largest absolute Gasteiger partial charge is 0.478 e. The van der Waals surface area contributed by atoms with Gasteiger partial charge in [0.05, 0.1) is 24.4 Å². The molecule has 1 fully saturated rings. The standard InChI is InChI=1S/C20H21N3O5/c1-27-12-16-15-4-2-3-5-17(15)28-18(16)19(24)22-8-6-14(7-9-22)23-11-13(10-21-23)20(25)26/h2-5,10-11,14H,6-9,12H2,1H3,(H,25,26). The molecular weight excluding hydrogens is 362 g/mol. The molecule has 1 saturated heterocycles. The summed E-state index contributed by atoms with van der Waals surface area (Å²) in [5.74, 6) is -0.809. The topological polar surface area (TPSA) is 97.8 Å². The van der Waals surface area contributed by atoms with Gasteiger partial charge in [-0.15, -0.1) is 0 Å². The smallest absolute Gasteiger partial charge is 0.338 e. The van der Waals surface area contributed by atoms with Crippen molar-refractivity contribution in [3.8, 4) is 0 Å². The number of nitrogens with zero attached hydrogens (tertiary/aromatic N) is 3. The Morgan fingerprint density at radius 3 is 2.71 bits per heavy atom. The number of ether oxygens (including phenoxy) is 1. The monoisotopic (exact) mass is 383 g/mol. The quantitative estimate of drug-likeness (QED) is 0.727. The molecule has 1 aliphatic rings. The molecule has 0 spiro atoms. The van der Waals surface area contributed by atoms with E-state index in [9.17, 15) is 9.59 Å². The predicted octanol–water partition coefficient (Wildman–Crippen LogP) is 2.95. The number of hydrogen-bond donors (Lipinski definition) is 1. The molecule has 0 aliphatic carbocycles. The second kappa shape index (κ2) is 7.47. The second-order valence-electron chi connectivity index (χ2n) is 6.88. The molecule has 8 heteroatoms. The van der Waals surface area contributed by atoms with Crippen LogP contribution in [0, 0.1) is 0 Å². The fourth-order valence-electron chi connectivity index (χ4n) is 3.68. The SMILES string of the molecule is COCc1c(C(=O)N2CCC(n3cc(C(=O)O)cn3)CC2)oc2ccccc12. The fourth-order valence-corrected chi connectivity index (χ4v) is 3.68. The van der Waals surface area contributed by atoms with Crippen molar-refractivity contribution in [2.45, 2.75) is 25.5 Å². The number of aromatic carboxylic acids is 1. The number of piperidine rings is 1. The normalized spacial score (nSPS) is 15.2. The summed E-state index contributed by atoms with van der Waals surface area (Å²) in [6.45, 7) is 1.41. The van der Waals surface area contributed by atoms with Gasteiger partial charge in [-0.05, 0) is 18.9 Å². The Morgan fingerprint density at radius 1 is 1.29 bits per heavy atom. The van der Waals surface area contributed by atoms with Crippen molar-refractivity contribution >= 4 is 22.8 Å². The van der Waals surface area contributed by atoms with Gasteiger partial charge in [-0.1, -0.05) is 18.2 Å². The molecule has 1 amide bonds. The van der Waals surface area contributed by atoms with Gasteiger partial charge in [0.2, 0.25) is 0 Å². The number of carbonyl (C=O) groups is 2. The third-order valence-electron chi connectivity index (χ3n) is 5.16. The number of carbonyl (C=O) groups excluding carboxylic acids is 1. The Labute approximate surface area is 161 Å². The van der Waals surface area contributed by atoms with Crippen LogP contribution in [0.15, 0.2) is 41.1 Å². The molecule has 3 heterocycles. The molecule has 2 aromatic heterocycles. The van der Waals surface area contributed by atoms with Crippen molar-refractivity contribution in [1.29, 1.82) is 0 Å². The lowest BCUT2D eigenvalue weighted by molar-refractivity contribution is 0.0654. The number of likely N-dealkylation sites (tertiary alicyclic amines) is 1. The van der Waals surface area contributed by atoms with E-state index in [0.717, 1.165) is 10.9 Å². The lowest BCUT2D eigenvalue weighted by Crippen LogP contribution is -2.39. The van der Waals surface area contributed by atoms with Crippen LogP contribution in [0.5, 0.6) is 0 Å². The van der Waals surface area contributed by atoms with E-state index in [1.807, 2.05) is 24.3 Å². The van der Waals surface area contributed by atoms with Gasteiger partial charge < -0.3 is 19.2 Å². The summed E-state index contributed by atoms with van der Waals surface area (Å²) in [7, 11) is 1.59. The summed E-state index contributed by atoms with van der Waals surface area (Å²) >= 11 is 0. The molecule has 1 N–H and O–H groups in total. The van der Waals surface area contributed by atoms with Gasteiger partial charge >= 0.3 is 5.97 Å². The first-order chi connectivity index (χ1) is 13.6. The first-order valence-corrected chi connectivity index (χ1v) is 9.14. The van der Waals surface area contributed by atoms with Crippen molar-refractivity contribution < 1.29 is 23.8 Å². The number of hydrogen-bond acceptors (Lipinski definition) is 5. The van der Waals surface area contributed by atoms with Crippen molar-refractivity contribution in [2.75, 3.05) is 20.2 Å². The number of carboxylic acids is 1. The summed E-state index contributed by atoms with van der Waals surface area (Å²) < 4.78 is 12.8. The van der Waals surface area contributed by atoms with Crippen molar-refractivity contribution in [3.63, 3.8) is 0 Å². The van der Waals surface area contributed by atoms with Gasteiger partial charge in [0, 0.05) is 37.3 Å². The Balaban J connectivity index is 1.50. The molecule has 28 heavy (non-hydrogen) atoms. The average molecular weight is 383 g/mol. The van der Waals surface area contributed by atoms with Crippen LogP contribution >= 0.6 is 0 Å². The van der Waals surface area contributed by atoms with Gasteiger partial charge in [-0.25, -0.2) is 4.79 Å². The minimum Gasteiger partial charge on any atom is -0.478 e. The van der Waals surface area contributed by atoms with E-state index >= 15 is 0 Å². The maximum absolute atomic E-state index is 13.1. The predicted molar refractivity (Wildman–Crippen MR) is 100 cm³/mol. The number of methoxy groups -OCH3 is 1. The Hall–Kier alpha value is -3.13. The van der Waals surface area contributed by atoms with Crippen molar-refractivity contribution in [3.05, 3.63) is 53.5 Å². The number of fused-ring (bicyclic) bond motifs is 1. The molecular formula is C20H21N3O5. The Kier molecular flexibility index (Phi) is 4.87.